The molecule has 6 nitrogen and oxygen atoms in total. The summed E-state index contributed by atoms with van der Waals surface area (Å²) in [4.78, 5) is 28.4. The van der Waals surface area contributed by atoms with E-state index in [-0.39, 0.29) is 30.9 Å². The number of aliphatic hydroxyl groups excluding tert-OH is 1. The molecule has 2 atom stereocenters. The van der Waals surface area contributed by atoms with Crippen molar-refractivity contribution < 1.29 is 32.6 Å². The summed E-state index contributed by atoms with van der Waals surface area (Å²) in [6, 6.07) is 5.26. The van der Waals surface area contributed by atoms with Gasteiger partial charge in [0.05, 0.1) is 11.3 Å². The maximum Gasteiger partial charge on any atom is 0.573 e. The Morgan fingerprint density at radius 3 is 2.57 bits per heavy atom. The molecule has 1 saturated heterocycles. The minimum Gasteiger partial charge on any atom is -0.405 e. The van der Waals surface area contributed by atoms with E-state index in [2.05, 4.69) is 4.74 Å². The molecular formula is C18H19F3N2O4S. The second-order valence-corrected chi connectivity index (χ2v) is 7.63. The lowest BCUT2D eigenvalue weighted by Crippen LogP contribution is -2.58. The van der Waals surface area contributed by atoms with Gasteiger partial charge in [-0.15, -0.1) is 13.2 Å². The molecule has 152 valence electrons. The second-order valence-electron chi connectivity index (χ2n) is 6.50. The molecule has 28 heavy (non-hydrogen) atoms. The zero-order chi connectivity index (χ0) is 20.6. The fourth-order valence-corrected chi connectivity index (χ4v) is 4.94. The topological polar surface area (TPSA) is 70.1 Å². The number of imide groups is 1. The Hall–Kier alpha value is -2.20. The van der Waals surface area contributed by atoms with Crippen molar-refractivity contribution in [3.8, 4) is 5.75 Å². The van der Waals surface area contributed by atoms with E-state index in [0.717, 1.165) is 4.90 Å². The Balaban J connectivity index is 1.99. The van der Waals surface area contributed by atoms with Gasteiger partial charge in [-0.3, -0.25) is 9.69 Å². The summed E-state index contributed by atoms with van der Waals surface area (Å²) in [7, 11) is 1.56. The van der Waals surface area contributed by atoms with E-state index in [1.54, 1.807) is 20.0 Å². The number of rotatable bonds is 5. The van der Waals surface area contributed by atoms with E-state index < -0.39 is 29.6 Å². The third-order valence-corrected chi connectivity index (χ3v) is 6.30. The smallest absolute Gasteiger partial charge is 0.405 e. The highest BCUT2D eigenvalue weighted by atomic mass is 32.2. The van der Waals surface area contributed by atoms with Crippen molar-refractivity contribution in [1.29, 1.82) is 0 Å². The van der Waals surface area contributed by atoms with Crippen LogP contribution in [0.15, 0.2) is 29.8 Å². The number of nitrogens with zero attached hydrogens (tertiary/aromatic N) is 2. The number of hydrogen-bond donors (Lipinski definition) is 1. The quantitative estimate of drug-likeness (QED) is 0.798. The molecule has 2 unspecified atom stereocenters. The number of ether oxygens (including phenoxy) is 1. The Morgan fingerprint density at radius 1 is 1.25 bits per heavy atom. The summed E-state index contributed by atoms with van der Waals surface area (Å²) in [5, 5.41) is 8.46. The molecular weight excluding hydrogens is 397 g/mol. The van der Waals surface area contributed by atoms with Crippen LogP contribution in [0.1, 0.15) is 18.9 Å². The van der Waals surface area contributed by atoms with Crippen molar-refractivity contribution in [3.63, 3.8) is 0 Å². The summed E-state index contributed by atoms with van der Waals surface area (Å²) >= 11 is 1.18. The number of alkyl halides is 3. The van der Waals surface area contributed by atoms with Crippen LogP contribution < -0.4 is 4.74 Å². The van der Waals surface area contributed by atoms with Gasteiger partial charge in [0.25, 0.3) is 0 Å². The Bertz CT molecular complexity index is 827. The van der Waals surface area contributed by atoms with Crippen LogP contribution in [0.5, 0.6) is 5.75 Å². The van der Waals surface area contributed by atoms with E-state index in [0.29, 0.717) is 10.5 Å². The van der Waals surface area contributed by atoms with Crippen LogP contribution >= 0.6 is 11.8 Å². The fourth-order valence-electron chi connectivity index (χ4n) is 3.39. The van der Waals surface area contributed by atoms with Crippen LogP contribution in [0.4, 0.5) is 18.0 Å². The third-order valence-electron chi connectivity index (χ3n) is 4.69. The maximum absolute atomic E-state index is 12.9. The summed E-state index contributed by atoms with van der Waals surface area (Å²) < 4.78 is 42.4. The number of aliphatic hydroxyl groups is 1. The molecule has 3 rings (SSSR count). The van der Waals surface area contributed by atoms with Gasteiger partial charge in [0.2, 0.25) is 5.91 Å². The number of carbonyl (C=O) groups is 2. The molecule has 0 aromatic heterocycles. The molecule has 0 saturated carbocycles. The second kappa shape index (κ2) is 7.67. The molecule has 2 aliphatic heterocycles. The first-order valence-electron chi connectivity index (χ1n) is 8.57. The number of carbonyl (C=O) groups excluding carboxylic acids is 2. The van der Waals surface area contributed by atoms with E-state index in [1.807, 2.05) is 0 Å². The SMILES string of the molecule is CC1=C(c2ccccc2OC(F)(F)F)SC2C1C(=O)N(CCCO)C(=O)N2C. The highest BCUT2D eigenvalue weighted by Gasteiger charge is 2.50. The highest BCUT2D eigenvalue weighted by molar-refractivity contribution is 8.09. The van der Waals surface area contributed by atoms with Gasteiger partial charge >= 0.3 is 12.4 Å². The molecule has 1 N–H and O–H groups in total. The van der Waals surface area contributed by atoms with Gasteiger partial charge in [0.15, 0.2) is 0 Å². The van der Waals surface area contributed by atoms with Gasteiger partial charge in [0.1, 0.15) is 5.75 Å². The van der Waals surface area contributed by atoms with E-state index in [4.69, 9.17) is 5.11 Å². The molecule has 10 heteroatoms. The van der Waals surface area contributed by atoms with Crippen molar-refractivity contribution >= 4 is 28.6 Å². The van der Waals surface area contributed by atoms with Crippen LogP contribution in [0.2, 0.25) is 0 Å². The van der Waals surface area contributed by atoms with Gasteiger partial charge in [-0.25, -0.2) is 4.79 Å². The predicted molar refractivity (Wildman–Crippen MR) is 97.2 cm³/mol. The zero-order valence-corrected chi connectivity index (χ0v) is 16.0. The van der Waals surface area contributed by atoms with Gasteiger partial charge in [-0.1, -0.05) is 30.0 Å². The zero-order valence-electron chi connectivity index (χ0n) is 15.2. The van der Waals surface area contributed by atoms with E-state index in [9.17, 15) is 22.8 Å². The molecule has 1 aromatic rings. The minimum atomic E-state index is -4.84. The molecule has 0 radical (unpaired) electrons. The Morgan fingerprint density at radius 2 is 1.93 bits per heavy atom. The van der Waals surface area contributed by atoms with Crippen molar-refractivity contribution in [2.24, 2.45) is 5.92 Å². The first-order valence-corrected chi connectivity index (χ1v) is 9.45. The minimum absolute atomic E-state index is 0.0861. The normalized spacial score (nSPS) is 22.8. The molecule has 1 aromatic carbocycles. The average Bonchev–Trinajstić information content (AvgIpc) is 2.96. The predicted octanol–water partition coefficient (Wildman–Crippen LogP) is 3.28. The highest BCUT2D eigenvalue weighted by Crippen LogP contribution is 2.52. The fraction of sp³-hybridized carbons (Fsp3) is 0.444. The standard InChI is InChI=1S/C18H19F3N2O4S/c1-10-13-15(25)23(8-5-9-24)17(26)22(2)16(13)28-14(10)11-6-3-4-7-12(11)27-18(19,20)21/h3-4,6-7,13,16,24H,5,8-9H2,1-2H3. The van der Waals surface area contributed by atoms with Crippen LogP contribution in [0.3, 0.4) is 0 Å². The Kier molecular flexibility index (Phi) is 5.62. The first kappa shape index (κ1) is 20.5. The van der Waals surface area contributed by atoms with Gasteiger partial charge in [-0.05, 0) is 25.0 Å². The van der Waals surface area contributed by atoms with Crippen LogP contribution in [-0.4, -0.2) is 58.8 Å². The summed E-state index contributed by atoms with van der Waals surface area (Å²) in [6.07, 6.45) is -4.59. The molecule has 3 amide bonds. The molecule has 2 aliphatic rings. The number of para-hydroxylation sites is 1. The van der Waals surface area contributed by atoms with Gasteiger partial charge in [0, 0.05) is 30.7 Å². The summed E-state index contributed by atoms with van der Waals surface area (Å²) in [5.41, 5.74) is 0.818. The van der Waals surface area contributed by atoms with Crippen molar-refractivity contribution in [3.05, 3.63) is 35.4 Å². The number of amides is 3. The number of halogens is 3. The average molecular weight is 416 g/mol. The third kappa shape index (κ3) is 3.70. The lowest BCUT2D eigenvalue weighted by molar-refractivity contribution is -0.274. The lowest BCUT2D eigenvalue weighted by atomic mass is 9.94. The van der Waals surface area contributed by atoms with Gasteiger partial charge < -0.3 is 14.7 Å². The lowest BCUT2D eigenvalue weighted by Gasteiger charge is -2.40. The summed E-state index contributed by atoms with van der Waals surface area (Å²) in [6.45, 7) is 1.61. The van der Waals surface area contributed by atoms with E-state index in [1.165, 1.54) is 34.9 Å². The Labute approximate surface area is 163 Å². The van der Waals surface area contributed by atoms with Crippen LogP contribution in [0.25, 0.3) is 4.91 Å². The number of hydrogen-bond acceptors (Lipinski definition) is 5. The van der Waals surface area contributed by atoms with Crippen molar-refractivity contribution in [2.75, 3.05) is 20.2 Å². The molecule has 0 spiro atoms. The summed E-state index contributed by atoms with van der Waals surface area (Å²) in [5.74, 6) is -1.43. The molecule has 0 bridgehead atoms. The van der Waals surface area contributed by atoms with E-state index >= 15 is 0 Å². The van der Waals surface area contributed by atoms with Crippen LogP contribution in [-0.2, 0) is 4.79 Å². The van der Waals surface area contributed by atoms with Crippen molar-refractivity contribution in [2.45, 2.75) is 25.1 Å². The largest absolute Gasteiger partial charge is 0.573 e. The molecule has 2 heterocycles. The monoisotopic (exact) mass is 416 g/mol. The molecule has 0 aliphatic carbocycles. The van der Waals surface area contributed by atoms with Crippen LogP contribution in [0, 0.1) is 5.92 Å². The molecule has 1 fully saturated rings. The van der Waals surface area contributed by atoms with Gasteiger partial charge in [-0.2, -0.15) is 0 Å². The number of urea groups is 1. The maximum atomic E-state index is 12.9. The van der Waals surface area contributed by atoms with Crippen molar-refractivity contribution in [1.82, 2.24) is 9.80 Å². The number of benzene rings is 1. The first-order chi connectivity index (χ1) is 13.2. The number of fused-ring (bicyclic) bond motifs is 1. The number of thioether (sulfide) groups is 1.